The molecule has 0 aromatic rings. The third-order valence-corrected chi connectivity index (χ3v) is 4.55. The van der Waals surface area contributed by atoms with Gasteiger partial charge in [0.25, 0.3) is 0 Å². The topological polar surface area (TPSA) is 55.6 Å². The molecule has 0 radical (unpaired) electrons. The van der Waals surface area contributed by atoms with E-state index in [0.717, 1.165) is 51.9 Å². The van der Waals surface area contributed by atoms with Crippen molar-refractivity contribution in [3.63, 3.8) is 0 Å². The molecule has 4 nitrogen and oxygen atoms in total. The van der Waals surface area contributed by atoms with Gasteiger partial charge in [-0.25, -0.2) is 0 Å². The third-order valence-electron chi connectivity index (χ3n) is 4.55. The van der Waals surface area contributed by atoms with Gasteiger partial charge < -0.3 is 15.4 Å². The van der Waals surface area contributed by atoms with Crippen molar-refractivity contribution in [1.82, 2.24) is 4.90 Å². The summed E-state index contributed by atoms with van der Waals surface area (Å²) < 4.78 is 5.36. The molecule has 2 aliphatic rings. The van der Waals surface area contributed by atoms with E-state index in [-0.39, 0.29) is 5.92 Å². The van der Waals surface area contributed by atoms with Gasteiger partial charge in [-0.3, -0.25) is 4.79 Å². The van der Waals surface area contributed by atoms with Gasteiger partial charge in [0.05, 0.1) is 0 Å². The second-order valence-corrected chi connectivity index (χ2v) is 5.76. The molecule has 0 aromatic heterocycles. The molecule has 1 heterocycles. The van der Waals surface area contributed by atoms with Crippen molar-refractivity contribution >= 4 is 5.91 Å². The van der Waals surface area contributed by atoms with Crippen LogP contribution in [-0.4, -0.2) is 43.7 Å². The maximum absolute atomic E-state index is 12.5. The molecule has 104 valence electrons. The molecule has 1 saturated heterocycles. The molecule has 4 heteroatoms. The Hall–Kier alpha value is -0.610. The average molecular weight is 254 g/mol. The number of rotatable bonds is 3. The zero-order chi connectivity index (χ0) is 13.0. The molecule has 2 N–H and O–H groups in total. The Morgan fingerprint density at radius 1 is 1.28 bits per heavy atom. The quantitative estimate of drug-likeness (QED) is 0.828. The van der Waals surface area contributed by atoms with Gasteiger partial charge in [-0.05, 0) is 44.6 Å². The maximum atomic E-state index is 12.5. The molecule has 0 spiro atoms. The highest BCUT2D eigenvalue weighted by molar-refractivity contribution is 5.79. The molecule has 2 fully saturated rings. The Morgan fingerprint density at radius 3 is 2.67 bits per heavy atom. The Labute approximate surface area is 110 Å². The van der Waals surface area contributed by atoms with Gasteiger partial charge in [-0.2, -0.15) is 0 Å². The lowest BCUT2D eigenvalue weighted by molar-refractivity contribution is -0.139. The number of nitrogens with two attached hydrogens (primary N) is 1. The predicted octanol–water partition coefficient (Wildman–Crippen LogP) is 1.39. The van der Waals surface area contributed by atoms with Gasteiger partial charge in [0.2, 0.25) is 5.91 Å². The normalized spacial score (nSPS) is 30.1. The number of carbonyl (C=O) groups is 1. The van der Waals surface area contributed by atoms with Crippen LogP contribution in [0.2, 0.25) is 0 Å². The van der Waals surface area contributed by atoms with E-state index in [1.165, 1.54) is 6.42 Å². The van der Waals surface area contributed by atoms with Gasteiger partial charge in [-0.15, -0.1) is 0 Å². The summed E-state index contributed by atoms with van der Waals surface area (Å²) in [5.74, 6) is 1.09. The van der Waals surface area contributed by atoms with Crippen molar-refractivity contribution in [3.8, 4) is 0 Å². The van der Waals surface area contributed by atoms with Gasteiger partial charge in [0, 0.05) is 32.2 Å². The first kappa shape index (κ1) is 13.8. The molecule has 1 amide bonds. The van der Waals surface area contributed by atoms with Crippen LogP contribution < -0.4 is 5.73 Å². The van der Waals surface area contributed by atoms with Crippen molar-refractivity contribution in [2.75, 3.05) is 26.8 Å². The largest absolute Gasteiger partial charge is 0.381 e. The summed E-state index contributed by atoms with van der Waals surface area (Å²) >= 11 is 0. The molecular formula is C14H26N2O2. The summed E-state index contributed by atoms with van der Waals surface area (Å²) in [5, 5.41) is 0. The molecule has 18 heavy (non-hydrogen) atoms. The van der Waals surface area contributed by atoms with Crippen molar-refractivity contribution in [3.05, 3.63) is 0 Å². The van der Waals surface area contributed by atoms with E-state index in [1.807, 2.05) is 11.9 Å². The van der Waals surface area contributed by atoms with Gasteiger partial charge >= 0.3 is 0 Å². The van der Waals surface area contributed by atoms with Crippen LogP contribution in [0.15, 0.2) is 0 Å². The Kier molecular flexibility index (Phi) is 5.01. The number of ether oxygens (including phenoxy) is 1. The van der Waals surface area contributed by atoms with E-state index in [9.17, 15) is 4.79 Å². The summed E-state index contributed by atoms with van der Waals surface area (Å²) in [6, 6.07) is 0.379. The van der Waals surface area contributed by atoms with Crippen molar-refractivity contribution in [2.24, 2.45) is 17.6 Å². The number of carbonyl (C=O) groups excluding carboxylic acids is 1. The molecule has 2 rings (SSSR count). The fraction of sp³-hybridized carbons (Fsp3) is 0.929. The average Bonchev–Trinajstić information content (AvgIpc) is 2.46. The minimum absolute atomic E-state index is 0.208. The second kappa shape index (κ2) is 6.53. The summed E-state index contributed by atoms with van der Waals surface area (Å²) in [7, 11) is 1.96. The zero-order valence-corrected chi connectivity index (χ0v) is 11.4. The van der Waals surface area contributed by atoms with Crippen molar-refractivity contribution in [2.45, 2.75) is 44.6 Å². The molecule has 1 aliphatic heterocycles. The highest BCUT2D eigenvalue weighted by Crippen LogP contribution is 2.30. The Morgan fingerprint density at radius 2 is 2.00 bits per heavy atom. The predicted molar refractivity (Wildman–Crippen MR) is 71.1 cm³/mol. The molecule has 1 saturated carbocycles. The SMILES string of the molecule is CN(C(=O)C1CCCC(CN)C1)C1CCOCC1. The first-order chi connectivity index (χ1) is 8.72. The summed E-state index contributed by atoms with van der Waals surface area (Å²) in [5.41, 5.74) is 5.74. The van der Waals surface area contributed by atoms with Crippen LogP contribution >= 0.6 is 0 Å². The van der Waals surface area contributed by atoms with Crippen LogP contribution in [0.5, 0.6) is 0 Å². The Balaban J connectivity index is 1.88. The Bertz CT molecular complexity index is 273. The standard InChI is InChI=1S/C14H26N2O2/c1-16(13-5-7-18-8-6-13)14(17)12-4-2-3-11(9-12)10-15/h11-13H,2-10,15H2,1H3. The van der Waals surface area contributed by atoms with Crippen LogP contribution in [0.25, 0.3) is 0 Å². The fourth-order valence-corrected chi connectivity index (χ4v) is 3.27. The number of hydrogen-bond acceptors (Lipinski definition) is 3. The lowest BCUT2D eigenvalue weighted by Gasteiger charge is -2.36. The molecule has 1 aliphatic carbocycles. The van der Waals surface area contributed by atoms with E-state index in [1.54, 1.807) is 0 Å². The van der Waals surface area contributed by atoms with Crippen LogP contribution in [0, 0.1) is 11.8 Å². The number of hydrogen-bond donors (Lipinski definition) is 1. The smallest absolute Gasteiger partial charge is 0.225 e. The second-order valence-electron chi connectivity index (χ2n) is 5.76. The van der Waals surface area contributed by atoms with Crippen LogP contribution in [0.1, 0.15) is 38.5 Å². The highest BCUT2D eigenvalue weighted by Gasteiger charge is 2.31. The van der Waals surface area contributed by atoms with E-state index in [2.05, 4.69) is 0 Å². The number of amides is 1. The van der Waals surface area contributed by atoms with E-state index in [4.69, 9.17) is 10.5 Å². The molecule has 0 aromatic carbocycles. The van der Waals surface area contributed by atoms with E-state index in [0.29, 0.717) is 17.9 Å². The van der Waals surface area contributed by atoms with E-state index >= 15 is 0 Å². The zero-order valence-electron chi connectivity index (χ0n) is 11.4. The van der Waals surface area contributed by atoms with E-state index < -0.39 is 0 Å². The van der Waals surface area contributed by atoms with Crippen LogP contribution in [0.3, 0.4) is 0 Å². The minimum atomic E-state index is 0.208. The lowest BCUT2D eigenvalue weighted by atomic mass is 9.80. The summed E-state index contributed by atoms with van der Waals surface area (Å²) in [6.07, 6.45) is 6.34. The molecule has 2 atom stereocenters. The van der Waals surface area contributed by atoms with Gasteiger partial charge in [0.15, 0.2) is 0 Å². The third kappa shape index (κ3) is 3.23. The minimum Gasteiger partial charge on any atom is -0.381 e. The fourth-order valence-electron chi connectivity index (χ4n) is 3.27. The van der Waals surface area contributed by atoms with Crippen LogP contribution in [0.4, 0.5) is 0 Å². The maximum Gasteiger partial charge on any atom is 0.225 e. The molecular weight excluding hydrogens is 228 g/mol. The molecule has 2 unspecified atom stereocenters. The summed E-state index contributed by atoms with van der Waals surface area (Å²) in [6.45, 7) is 2.31. The summed E-state index contributed by atoms with van der Waals surface area (Å²) in [4.78, 5) is 14.5. The monoisotopic (exact) mass is 254 g/mol. The van der Waals surface area contributed by atoms with Crippen molar-refractivity contribution in [1.29, 1.82) is 0 Å². The van der Waals surface area contributed by atoms with Gasteiger partial charge in [0.1, 0.15) is 0 Å². The van der Waals surface area contributed by atoms with Crippen molar-refractivity contribution < 1.29 is 9.53 Å². The van der Waals surface area contributed by atoms with Crippen LogP contribution in [-0.2, 0) is 9.53 Å². The molecule has 0 bridgehead atoms. The van der Waals surface area contributed by atoms with Gasteiger partial charge in [-0.1, -0.05) is 6.42 Å². The number of nitrogens with zero attached hydrogens (tertiary/aromatic N) is 1. The first-order valence-electron chi connectivity index (χ1n) is 7.27. The lowest BCUT2D eigenvalue weighted by Crippen LogP contribution is -2.44. The highest BCUT2D eigenvalue weighted by atomic mass is 16.5. The first-order valence-corrected chi connectivity index (χ1v) is 7.27.